The van der Waals surface area contributed by atoms with Crippen LogP contribution in [0.15, 0.2) is 36.7 Å². The number of ether oxygens (including phenoxy) is 2. The van der Waals surface area contributed by atoms with Crippen LogP contribution in [0, 0.1) is 5.92 Å². The lowest BCUT2D eigenvalue weighted by Gasteiger charge is -2.20. The number of hydrogen-bond acceptors (Lipinski definition) is 5. The molecule has 1 atom stereocenters. The molecule has 0 fully saturated rings. The van der Waals surface area contributed by atoms with Crippen molar-refractivity contribution in [2.24, 2.45) is 5.92 Å². The van der Waals surface area contributed by atoms with Crippen LogP contribution in [0.5, 0.6) is 0 Å². The first-order valence-corrected chi connectivity index (χ1v) is 13.3. The van der Waals surface area contributed by atoms with Crippen LogP contribution in [0.4, 0.5) is 0 Å². The molecule has 2 aliphatic heterocycles. The molecule has 2 amide bonds. The molecular formula is C30H31N3O5. The molecule has 196 valence electrons. The smallest absolute Gasteiger partial charge is 0.308 e. The zero-order chi connectivity index (χ0) is 26.4. The highest BCUT2D eigenvalue weighted by atomic mass is 16.6. The third-order valence-electron chi connectivity index (χ3n) is 7.53. The average Bonchev–Trinajstić information content (AvgIpc) is 3.55. The van der Waals surface area contributed by atoms with E-state index in [9.17, 15) is 14.4 Å². The summed E-state index contributed by atoms with van der Waals surface area (Å²) in [6.45, 7) is 5.42. The van der Waals surface area contributed by atoms with Crippen molar-refractivity contribution < 1.29 is 23.9 Å². The third kappa shape index (κ3) is 4.19. The van der Waals surface area contributed by atoms with Gasteiger partial charge in [-0.1, -0.05) is 44.2 Å². The number of benzene rings is 1. The van der Waals surface area contributed by atoms with Gasteiger partial charge in [0.05, 0.1) is 29.8 Å². The van der Waals surface area contributed by atoms with Gasteiger partial charge in [0.1, 0.15) is 6.61 Å². The third-order valence-corrected chi connectivity index (χ3v) is 7.53. The lowest BCUT2D eigenvalue weighted by atomic mass is 9.95. The van der Waals surface area contributed by atoms with Gasteiger partial charge < -0.3 is 18.6 Å². The number of hydrogen-bond donors (Lipinski definition) is 1. The fourth-order valence-corrected chi connectivity index (χ4v) is 5.62. The van der Waals surface area contributed by atoms with Crippen LogP contribution in [-0.2, 0) is 36.9 Å². The number of para-hydroxylation sites is 1. The predicted molar refractivity (Wildman–Crippen MR) is 144 cm³/mol. The van der Waals surface area contributed by atoms with Crippen LogP contribution in [0.25, 0.3) is 34.2 Å². The van der Waals surface area contributed by atoms with Crippen molar-refractivity contribution in [3.05, 3.63) is 58.4 Å². The van der Waals surface area contributed by atoms with E-state index in [1.165, 1.54) is 0 Å². The summed E-state index contributed by atoms with van der Waals surface area (Å²) in [5.74, 6) is -1.18. The highest BCUT2D eigenvalue weighted by Crippen LogP contribution is 2.35. The van der Waals surface area contributed by atoms with E-state index in [0.717, 1.165) is 45.4 Å². The average molecular weight is 514 g/mol. The van der Waals surface area contributed by atoms with Gasteiger partial charge in [0.25, 0.3) is 11.8 Å². The Hall–Kier alpha value is -3.91. The van der Waals surface area contributed by atoms with Gasteiger partial charge in [0, 0.05) is 58.1 Å². The number of aromatic nitrogens is 2. The Labute approximate surface area is 220 Å². The van der Waals surface area contributed by atoms with Gasteiger partial charge in [-0.2, -0.15) is 0 Å². The van der Waals surface area contributed by atoms with Crippen LogP contribution in [0.2, 0.25) is 0 Å². The number of carbonyl (C=O) groups is 3. The molecule has 4 heterocycles. The number of amides is 2. The number of nitrogens with one attached hydrogen (secondary N) is 1. The normalized spacial score (nSPS) is 19.4. The maximum Gasteiger partial charge on any atom is 0.308 e. The van der Waals surface area contributed by atoms with Crippen LogP contribution >= 0.6 is 0 Å². The van der Waals surface area contributed by atoms with Crippen LogP contribution in [0.1, 0.15) is 44.2 Å². The van der Waals surface area contributed by atoms with Crippen molar-refractivity contribution in [3.63, 3.8) is 0 Å². The molecule has 1 N–H and O–H groups in total. The van der Waals surface area contributed by atoms with E-state index in [1.54, 1.807) is 0 Å². The number of rotatable bonds is 3. The van der Waals surface area contributed by atoms with Crippen LogP contribution in [0.3, 0.4) is 0 Å². The maximum absolute atomic E-state index is 13.3. The van der Waals surface area contributed by atoms with Crippen molar-refractivity contribution in [2.75, 3.05) is 13.2 Å². The summed E-state index contributed by atoms with van der Waals surface area (Å²) in [5.41, 5.74) is 3.32. The number of carbonyl (C=O) groups excluding carboxylic acids is 3. The Morgan fingerprint density at radius 3 is 2.58 bits per heavy atom. The summed E-state index contributed by atoms with van der Waals surface area (Å²) in [4.78, 5) is 38.6. The van der Waals surface area contributed by atoms with Crippen LogP contribution in [-0.4, -0.2) is 46.2 Å². The van der Waals surface area contributed by atoms with Crippen molar-refractivity contribution in [1.29, 1.82) is 0 Å². The van der Waals surface area contributed by atoms with E-state index < -0.39 is 0 Å². The summed E-state index contributed by atoms with van der Waals surface area (Å²) in [5, 5.41) is 5.48. The van der Waals surface area contributed by atoms with Gasteiger partial charge in [0.2, 0.25) is 0 Å². The molecule has 8 heteroatoms. The van der Waals surface area contributed by atoms with E-state index in [2.05, 4.69) is 26.6 Å². The standard InChI is InChI=1S/C30H31N3O5/c1-18(2)30(36)38-17-19-11-12-32-15-22(20-7-3-5-9-24(20)32)26-27(29(35)31-28(26)34)23-16-33(13-14-37-19)25-10-6-4-8-21(23)25/h3,5,7-10,15-16,18-19H,4,6,11-14,17H2,1-2H3,(H,31,34,35). The number of fused-ring (bicyclic) bond motifs is 12. The van der Waals surface area contributed by atoms with Gasteiger partial charge in [-0.05, 0) is 25.3 Å². The molecule has 0 saturated carbocycles. The minimum atomic E-state index is -0.372. The second kappa shape index (κ2) is 9.76. The minimum absolute atomic E-state index is 0.185. The minimum Gasteiger partial charge on any atom is -0.463 e. The molecular weight excluding hydrogens is 482 g/mol. The molecule has 3 aromatic rings. The van der Waals surface area contributed by atoms with Gasteiger partial charge in [-0.25, -0.2) is 0 Å². The molecule has 4 bridgehead atoms. The quantitative estimate of drug-likeness (QED) is 0.429. The first-order valence-electron chi connectivity index (χ1n) is 13.3. The van der Waals surface area contributed by atoms with Crippen molar-refractivity contribution in [3.8, 4) is 0 Å². The van der Waals surface area contributed by atoms with Crippen molar-refractivity contribution in [2.45, 2.75) is 52.3 Å². The maximum atomic E-state index is 13.3. The fraction of sp³-hybridized carbons (Fsp3) is 0.367. The van der Waals surface area contributed by atoms with E-state index in [-0.39, 0.29) is 36.4 Å². The zero-order valence-electron chi connectivity index (χ0n) is 21.7. The largest absolute Gasteiger partial charge is 0.463 e. The Bertz CT molecular complexity index is 1620. The summed E-state index contributed by atoms with van der Waals surface area (Å²) >= 11 is 0. The second-order valence-corrected chi connectivity index (χ2v) is 10.4. The van der Waals surface area contributed by atoms with Gasteiger partial charge in [-0.3, -0.25) is 19.7 Å². The van der Waals surface area contributed by atoms with Gasteiger partial charge in [-0.15, -0.1) is 0 Å². The topological polar surface area (TPSA) is 91.6 Å². The molecule has 6 rings (SSSR count). The predicted octanol–water partition coefficient (Wildman–Crippen LogP) is 2.35. The fourth-order valence-electron chi connectivity index (χ4n) is 5.62. The van der Waals surface area contributed by atoms with E-state index >= 15 is 0 Å². The first kappa shape index (κ1) is 24.4. The molecule has 8 nitrogen and oxygen atoms in total. The highest BCUT2D eigenvalue weighted by Gasteiger charge is 2.35. The number of imide groups is 1. The first-order chi connectivity index (χ1) is 18.4. The monoisotopic (exact) mass is 513 g/mol. The van der Waals surface area contributed by atoms with E-state index in [1.807, 2.05) is 50.5 Å². The number of aryl methyl sites for hydroxylation is 1. The zero-order valence-corrected chi connectivity index (χ0v) is 21.7. The summed E-state index contributed by atoms with van der Waals surface area (Å²) in [6.07, 6.45) is 10.4. The summed E-state index contributed by atoms with van der Waals surface area (Å²) < 4.78 is 16.0. The van der Waals surface area contributed by atoms with Crippen molar-refractivity contribution >= 4 is 52.0 Å². The summed E-state index contributed by atoms with van der Waals surface area (Å²) in [7, 11) is 0. The molecule has 0 radical (unpaired) electrons. The second-order valence-electron chi connectivity index (χ2n) is 10.4. The number of esters is 1. The molecule has 0 saturated heterocycles. The van der Waals surface area contributed by atoms with Crippen LogP contribution < -0.4 is 15.9 Å². The van der Waals surface area contributed by atoms with Gasteiger partial charge in [0.15, 0.2) is 0 Å². The van der Waals surface area contributed by atoms with E-state index in [0.29, 0.717) is 37.3 Å². The Morgan fingerprint density at radius 2 is 1.76 bits per heavy atom. The lowest BCUT2D eigenvalue weighted by Crippen LogP contribution is -2.34. The molecule has 38 heavy (non-hydrogen) atoms. The van der Waals surface area contributed by atoms with Gasteiger partial charge >= 0.3 is 5.97 Å². The summed E-state index contributed by atoms with van der Waals surface area (Å²) in [6, 6.07) is 7.91. The van der Waals surface area contributed by atoms with E-state index in [4.69, 9.17) is 9.47 Å². The molecule has 3 aliphatic rings. The Morgan fingerprint density at radius 1 is 1.03 bits per heavy atom. The molecule has 1 aromatic carbocycles. The molecule has 0 spiro atoms. The highest BCUT2D eigenvalue weighted by molar-refractivity contribution is 6.50. The van der Waals surface area contributed by atoms with Crippen molar-refractivity contribution in [1.82, 2.24) is 14.5 Å². The number of nitrogens with zero attached hydrogens (tertiary/aromatic N) is 2. The molecule has 1 unspecified atom stereocenters. The SMILES string of the molecule is CC(C)C(=O)OCC1CCn2cc(c3ccccc32)C2=C(C(=O)NC2=O)c2cn(c3c2=CCCC=3)CCO1. The Balaban J connectivity index is 1.52. The lowest BCUT2D eigenvalue weighted by molar-refractivity contribution is -0.152. The molecule has 2 aromatic heterocycles. The Kier molecular flexibility index (Phi) is 6.27. The molecule has 1 aliphatic carbocycles.